The smallest absolute Gasteiger partial charge is 0.407 e. The van der Waals surface area contributed by atoms with E-state index in [9.17, 15) is 9.59 Å². The minimum Gasteiger partial charge on any atom is -0.444 e. The highest BCUT2D eigenvalue weighted by molar-refractivity contribution is 6.07. The Hall–Kier alpha value is -2.57. The number of aryl methyl sites for hydroxylation is 2. The summed E-state index contributed by atoms with van der Waals surface area (Å²) in [5.74, 6) is -1.15. The van der Waals surface area contributed by atoms with Crippen molar-refractivity contribution in [1.82, 2.24) is 10.3 Å². The highest BCUT2D eigenvalue weighted by Crippen LogP contribution is 2.41. The van der Waals surface area contributed by atoms with Crippen LogP contribution < -0.4 is 11.1 Å². The maximum Gasteiger partial charge on any atom is 0.407 e. The monoisotopic (exact) mass is 403 g/mol. The van der Waals surface area contributed by atoms with Gasteiger partial charge in [0.05, 0.1) is 11.1 Å². The summed E-state index contributed by atoms with van der Waals surface area (Å²) in [6, 6.07) is 1.15. The van der Waals surface area contributed by atoms with Gasteiger partial charge in [-0.3, -0.25) is 4.79 Å². The lowest BCUT2D eigenvalue weighted by molar-refractivity contribution is 0.0490. The second-order valence-electron chi connectivity index (χ2n) is 9.02. The van der Waals surface area contributed by atoms with E-state index in [1.165, 1.54) is 6.07 Å². The number of alkyl carbamates (subject to hydrolysis) is 1. The van der Waals surface area contributed by atoms with E-state index in [1.807, 2.05) is 34.6 Å². The first-order chi connectivity index (χ1) is 13.5. The van der Waals surface area contributed by atoms with Crippen LogP contribution in [0.4, 0.5) is 9.18 Å². The Kier molecular flexibility index (Phi) is 5.61. The molecule has 0 bridgehead atoms. The third kappa shape index (κ3) is 4.38. The van der Waals surface area contributed by atoms with Crippen LogP contribution in [0.1, 0.15) is 79.6 Å². The van der Waals surface area contributed by atoms with Gasteiger partial charge in [-0.2, -0.15) is 0 Å². The van der Waals surface area contributed by atoms with Gasteiger partial charge in [0.2, 0.25) is 0 Å². The maximum atomic E-state index is 15.2. The maximum absolute atomic E-state index is 15.2. The number of H-pyrrole nitrogens is 1. The van der Waals surface area contributed by atoms with Gasteiger partial charge in [0, 0.05) is 22.7 Å². The normalized spacial score (nSPS) is 19.9. The number of amides is 2. The van der Waals surface area contributed by atoms with Gasteiger partial charge in [-0.05, 0) is 71.4 Å². The number of hydrogen-bond donors (Lipinski definition) is 3. The van der Waals surface area contributed by atoms with E-state index in [1.54, 1.807) is 0 Å². The number of benzene rings is 1. The molecule has 0 saturated heterocycles. The van der Waals surface area contributed by atoms with Crippen LogP contribution in [-0.2, 0) is 4.74 Å². The molecule has 1 unspecified atom stereocenters. The van der Waals surface area contributed by atoms with Crippen molar-refractivity contribution in [3.05, 3.63) is 34.3 Å². The minimum atomic E-state index is -0.658. The number of aromatic nitrogens is 1. The zero-order valence-corrected chi connectivity index (χ0v) is 17.7. The quantitative estimate of drug-likeness (QED) is 0.700. The topological polar surface area (TPSA) is 97.2 Å². The van der Waals surface area contributed by atoms with E-state index in [-0.39, 0.29) is 17.5 Å². The van der Waals surface area contributed by atoms with Crippen molar-refractivity contribution in [2.24, 2.45) is 5.73 Å². The third-order valence-electron chi connectivity index (χ3n) is 5.64. The van der Waals surface area contributed by atoms with Crippen LogP contribution in [0.2, 0.25) is 0 Å². The molecule has 1 aromatic carbocycles. The summed E-state index contributed by atoms with van der Waals surface area (Å²) >= 11 is 0. The average Bonchev–Trinajstić information content (AvgIpc) is 2.88. The molecule has 1 aliphatic rings. The van der Waals surface area contributed by atoms with Crippen LogP contribution in [0.25, 0.3) is 10.9 Å². The predicted octanol–water partition coefficient (Wildman–Crippen LogP) is 4.57. The van der Waals surface area contributed by atoms with Crippen LogP contribution in [0.3, 0.4) is 0 Å². The Morgan fingerprint density at radius 3 is 2.59 bits per heavy atom. The Morgan fingerprint density at radius 1 is 1.28 bits per heavy atom. The summed E-state index contributed by atoms with van der Waals surface area (Å²) in [7, 11) is 0. The fourth-order valence-electron chi connectivity index (χ4n) is 4.30. The lowest BCUT2D eigenvalue weighted by Crippen LogP contribution is -2.41. The number of nitrogens with two attached hydrogens (primary N) is 1. The molecule has 0 aliphatic heterocycles. The molecule has 0 spiro atoms. The zero-order valence-electron chi connectivity index (χ0n) is 17.7. The van der Waals surface area contributed by atoms with Crippen molar-refractivity contribution in [3.63, 3.8) is 0 Å². The number of rotatable bonds is 3. The van der Waals surface area contributed by atoms with Gasteiger partial charge >= 0.3 is 6.09 Å². The Labute approximate surface area is 170 Å². The fraction of sp³-hybridized carbons (Fsp3) is 0.545. The highest BCUT2D eigenvalue weighted by atomic mass is 19.1. The van der Waals surface area contributed by atoms with E-state index in [0.29, 0.717) is 17.5 Å². The number of halogens is 1. The van der Waals surface area contributed by atoms with Crippen LogP contribution in [0.5, 0.6) is 0 Å². The molecular formula is C22H30FN3O3. The molecule has 2 aromatic rings. The average molecular weight is 403 g/mol. The van der Waals surface area contributed by atoms with Gasteiger partial charge in [0.15, 0.2) is 0 Å². The van der Waals surface area contributed by atoms with Crippen molar-refractivity contribution in [2.75, 3.05) is 0 Å². The third-order valence-corrected chi connectivity index (χ3v) is 5.64. The number of aromatic amines is 1. The molecule has 1 heterocycles. The Bertz CT molecular complexity index is 959. The van der Waals surface area contributed by atoms with Gasteiger partial charge in [-0.15, -0.1) is 0 Å². The first-order valence-corrected chi connectivity index (χ1v) is 10.1. The largest absolute Gasteiger partial charge is 0.444 e. The molecule has 1 aliphatic carbocycles. The number of nitrogens with one attached hydrogen (secondary N) is 2. The van der Waals surface area contributed by atoms with Crippen LogP contribution in [0, 0.1) is 19.7 Å². The predicted molar refractivity (Wildman–Crippen MR) is 111 cm³/mol. The highest BCUT2D eigenvalue weighted by Gasteiger charge is 2.31. The molecular weight excluding hydrogens is 373 g/mol. The van der Waals surface area contributed by atoms with E-state index in [4.69, 9.17) is 10.5 Å². The lowest BCUT2D eigenvalue weighted by atomic mass is 9.79. The molecule has 7 heteroatoms. The first-order valence-electron chi connectivity index (χ1n) is 10.1. The number of primary amides is 1. The number of fused-ring (bicyclic) bond motifs is 1. The van der Waals surface area contributed by atoms with Gasteiger partial charge in [-0.1, -0.05) is 6.42 Å². The zero-order chi connectivity index (χ0) is 21.5. The second kappa shape index (κ2) is 7.69. The molecule has 29 heavy (non-hydrogen) atoms. The van der Waals surface area contributed by atoms with Crippen molar-refractivity contribution in [1.29, 1.82) is 0 Å². The summed E-state index contributed by atoms with van der Waals surface area (Å²) in [6.45, 7) is 9.27. The van der Waals surface area contributed by atoms with Crippen molar-refractivity contribution >= 4 is 22.9 Å². The summed E-state index contributed by atoms with van der Waals surface area (Å²) in [6.07, 6.45) is 2.67. The first kappa shape index (κ1) is 21.1. The van der Waals surface area contributed by atoms with E-state index in [2.05, 4.69) is 10.3 Å². The van der Waals surface area contributed by atoms with Crippen molar-refractivity contribution in [2.45, 2.75) is 77.9 Å². The molecule has 6 nitrogen and oxygen atoms in total. The van der Waals surface area contributed by atoms with Crippen LogP contribution in [-0.4, -0.2) is 28.6 Å². The summed E-state index contributed by atoms with van der Waals surface area (Å²) in [5, 5.41) is 3.66. The number of ether oxygens (including phenoxy) is 1. The summed E-state index contributed by atoms with van der Waals surface area (Å²) in [4.78, 5) is 27.2. The molecule has 1 saturated carbocycles. The summed E-state index contributed by atoms with van der Waals surface area (Å²) < 4.78 is 20.6. The Morgan fingerprint density at radius 2 is 1.97 bits per heavy atom. The molecule has 4 N–H and O–H groups in total. The fourth-order valence-corrected chi connectivity index (χ4v) is 4.30. The standard InChI is InChI=1S/C22H30FN3O3/c1-11-12(2)25-19-15(20(24)27)10-16(23)18(17(11)19)13-7-6-8-14(9-13)26-21(28)29-22(3,4)5/h10,13-14,25H,6-9H2,1-5H3,(H2,24,27)(H,26,28)/t13?,14-/m0/s1. The molecule has 2 amide bonds. The minimum absolute atomic E-state index is 0.0676. The molecule has 1 fully saturated rings. The molecule has 2 atom stereocenters. The number of carbonyl (C=O) groups is 2. The van der Waals surface area contributed by atoms with E-state index < -0.39 is 23.4 Å². The van der Waals surface area contributed by atoms with Crippen molar-refractivity contribution < 1.29 is 18.7 Å². The Balaban J connectivity index is 1.94. The lowest BCUT2D eigenvalue weighted by Gasteiger charge is -2.31. The van der Waals surface area contributed by atoms with Crippen LogP contribution >= 0.6 is 0 Å². The van der Waals surface area contributed by atoms with Gasteiger partial charge in [0.1, 0.15) is 11.4 Å². The summed E-state index contributed by atoms with van der Waals surface area (Å²) in [5.41, 5.74) is 8.06. The van der Waals surface area contributed by atoms with Gasteiger partial charge in [0.25, 0.3) is 5.91 Å². The van der Waals surface area contributed by atoms with E-state index >= 15 is 4.39 Å². The van der Waals surface area contributed by atoms with Crippen LogP contribution in [0.15, 0.2) is 6.07 Å². The number of carbonyl (C=O) groups excluding carboxylic acids is 2. The van der Waals surface area contributed by atoms with Gasteiger partial charge in [-0.25, -0.2) is 9.18 Å². The molecule has 158 valence electrons. The molecule has 1 aromatic heterocycles. The van der Waals surface area contributed by atoms with Gasteiger partial charge < -0.3 is 20.8 Å². The molecule has 0 radical (unpaired) electrons. The van der Waals surface area contributed by atoms with E-state index in [0.717, 1.165) is 35.9 Å². The SMILES string of the molecule is Cc1[nH]c2c(C(N)=O)cc(F)c(C3CCC[C@H](NC(=O)OC(C)(C)C)C3)c2c1C. The molecule has 3 rings (SSSR count). The van der Waals surface area contributed by atoms with Crippen molar-refractivity contribution in [3.8, 4) is 0 Å². The number of hydrogen-bond acceptors (Lipinski definition) is 3. The second-order valence-corrected chi connectivity index (χ2v) is 9.02.